The number of piperidine rings is 1. The first-order valence-corrected chi connectivity index (χ1v) is 7.24. The van der Waals surface area contributed by atoms with Crippen LogP contribution in [0.1, 0.15) is 24.8 Å². The molecule has 1 aromatic carbocycles. The van der Waals surface area contributed by atoms with Gasteiger partial charge >= 0.3 is 0 Å². The molecule has 2 rings (SSSR count). The molecule has 0 saturated carbocycles. The first kappa shape index (κ1) is 15.9. The van der Waals surface area contributed by atoms with Gasteiger partial charge in [0.25, 0.3) is 0 Å². The second-order valence-electron chi connectivity index (χ2n) is 5.10. The van der Waals surface area contributed by atoms with E-state index in [1.165, 1.54) is 6.42 Å². The lowest BCUT2D eigenvalue weighted by molar-refractivity contribution is 0.578. The summed E-state index contributed by atoms with van der Waals surface area (Å²) < 4.78 is 0. The summed E-state index contributed by atoms with van der Waals surface area (Å²) in [5.41, 5.74) is 1.49. The molecule has 6 heteroatoms. The number of nitriles is 4. The second kappa shape index (κ2) is 7.51. The third-order valence-electron chi connectivity index (χ3n) is 3.67. The van der Waals surface area contributed by atoms with E-state index in [0.29, 0.717) is 11.3 Å². The second-order valence-corrected chi connectivity index (χ2v) is 5.10. The summed E-state index contributed by atoms with van der Waals surface area (Å²) in [6, 6.07) is 12.5. The van der Waals surface area contributed by atoms with E-state index in [9.17, 15) is 5.26 Å². The van der Waals surface area contributed by atoms with Crippen LogP contribution in [-0.4, -0.2) is 13.1 Å². The Hall–Kier alpha value is -3.48. The fraction of sp³-hybridized carbons (Fsp3) is 0.294. The van der Waals surface area contributed by atoms with Crippen molar-refractivity contribution in [3.8, 4) is 24.3 Å². The van der Waals surface area contributed by atoms with E-state index in [1.807, 2.05) is 12.1 Å². The molecule has 1 aliphatic rings. The fourth-order valence-corrected chi connectivity index (χ4v) is 2.53. The van der Waals surface area contributed by atoms with Crippen molar-refractivity contribution in [2.24, 2.45) is 0 Å². The highest BCUT2D eigenvalue weighted by atomic mass is 15.1. The van der Waals surface area contributed by atoms with Gasteiger partial charge in [0.1, 0.15) is 23.9 Å². The first-order chi connectivity index (χ1) is 11.2. The highest BCUT2D eigenvalue weighted by molar-refractivity contribution is 5.75. The molecule has 1 saturated heterocycles. The summed E-state index contributed by atoms with van der Waals surface area (Å²) in [6.45, 7) is 1.80. The van der Waals surface area contributed by atoms with Crippen LogP contribution >= 0.6 is 0 Å². The Morgan fingerprint density at radius 1 is 0.957 bits per heavy atom. The number of benzene rings is 1. The van der Waals surface area contributed by atoms with E-state index < -0.39 is 0 Å². The molecule has 0 bridgehead atoms. The van der Waals surface area contributed by atoms with Crippen LogP contribution in [0.3, 0.4) is 0 Å². The zero-order valence-corrected chi connectivity index (χ0v) is 12.5. The van der Waals surface area contributed by atoms with E-state index in [1.54, 1.807) is 24.3 Å². The molecular formula is C17H14N6. The Bertz CT molecular complexity index is 772. The molecule has 112 valence electrons. The number of nitrogens with zero attached hydrogens (tertiary/aromatic N) is 5. The van der Waals surface area contributed by atoms with Crippen molar-refractivity contribution < 1.29 is 0 Å². The summed E-state index contributed by atoms with van der Waals surface area (Å²) in [4.78, 5) is 2.18. The molecule has 1 N–H and O–H groups in total. The highest BCUT2D eigenvalue weighted by Crippen LogP contribution is 2.30. The predicted molar refractivity (Wildman–Crippen MR) is 84.7 cm³/mol. The molecule has 1 fully saturated rings. The Labute approximate surface area is 135 Å². The third kappa shape index (κ3) is 3.59. The summed E-state index contributed by atoms with van der Waals surface area (Å²) >= 11 is 0. The predicted octanol–water partition coefficient (Wildman–Crippen LogP) is 2.79. The largest absolute Gasteiger partial charge is 0.370 e. The minimum Gasteiger partial charge on any atom is -0.370 e. The Kier molecular flexibility index (Phi) is 5.19. The van der Waals surface area contributed by atoms with Crippen molar-refractivity contribution in [1.29, 1.82) is 21.0 Å². The zero-order chi connectivity index (χ0) is 16.7. The van der Waals surface area contributed by atoms with E-state index in [0.717, 1.165) is 31.6 Å². The van der Waals surface area contributed by atoms with Gasteiger partial charge in [-0.05, 0) is 37.5 Å². The van der Waals surface area contributed by atoms with Crippen LogP contribution < -0.4 is 10.2 Å². The van der Waals surface area contributed by atoms with E-state index >= 15 is 0 Å². The molecular weight excluding hydrogens is 288 g/mol. The van der Waals surface area contributed by atoms with Crippen molar-refractivity contribution in [3.05, 3.63) is 35.0 Å². The number of allylic oxidation sites excluding steroid dienone is 2. The third-order valence-corrected chi connectivity index (χ3v) is 3.67. The van der Waals surface area contributed by atoms with Crippen molar-refractivity contribution in [2.45, 2.75) is 19.3 Å². The van der Waals surface area contributed by atoms with E-state index in [4.69, 9.17) is 15.8 Å². The molecule has 1 aliphatic heterocycles. The smallest absolute Gasteiger partial charge is 0.163 e. The van der Waals surface area contributed by atoms with Crippen LogP contribution in [0.5, 0.6) is 0 Å². The standard InChI is InChI=1S/C17H14N6/c18-9-13-4-5-17(23-6-2-1-3-7-23)15(8-13)22-16(12-21)14(10-19)11-20/h4-5,8,22H,1-3,6-7H2. The summed E-state index contributed by atoms with van der Waals surface area (Å²) in [6.07, 6.45) is 3.36. The lowest BCUT2D eigenvalue weighted by Crippen LogP contribution is -2.30. The van der Waals surface area contributed by atoms with Crippen molar-refractivity contribution in [2.75, 3.05) is 23.3 Å². The summed E-state index contributed by atoms with van der Waals surface area (Å²) in [7, 11) is 0. The van der Waals surface area contributed by atoms with Gasteiger partial charge in [0.2, 0.25) is 0 Å². The van der Waals surface area contributed by atoms with Crippen LogP contribution in [0, 0.1) is 45.3 Å². The normalized spacial score (nSPS) is 13.0. The number of hydrogen-bond acceptors (Lipinski definition) is 6. The number of hydrogen-bond donors (Lipinski definition) is 1. The van der Waals surface area contributed by atoms with Crippen LogP contribution in [0.15, 0.2) is 29.5 Å². The maximum Gasteiger partial charge on any atom is 0.163 e. The van der Waals surface area contributed by atoms with Crippen molar-refractivity contribution >= 4 is 11.4 Å². The zero-order valence-electron chi connectivity index (χ0n) is 12.5. The van der Waals surface area contributed by atoms with Gasteiger partial charge in [0, 0.05) is 13.1 Å². The van der Waals surface area contributed by atoms with E-state index in [2.05, 4.69) is 16.3 Å². The molecule has 23 heavy (non-hydrogen) atoms. The fourth-order valence-electron chi connectivity index (χ4n) is 2.53. The Morgan fingerprint density at radius 3 is 2.22 bits per heavy atom. The minimum absolute atomic E-state index is 0.108. The monoisotopic (exact) mass is 302 g/mol. The Morgan fingerprint density at radius 2 is 1.65 bits per heavy atom. The lowest BCUT2D eigenvalue weighted by atomic mass is 10.1. The molecule has 0 atom stereocenters. The summed E-state index contributed by atoms with van der Waals surface area (Å²) in [5.74, 6) is 0. The molecule has 0 radical (unpaired) electrons. The minimum atomic E-state index is -0.278. The lowest BCUT2D eigenvalue weighted by Gasteiger charge is -2.30. The molecule has 6 nitrogen and oxygen atoms in total. The van der Waals surface area contributed by atoms with Crippen molar-refractivity contribution in [3.63, 3.8) is 0 Å². The van der Waals surface area contributed by atoms with Crippen LogP contribution in [-0.2, 0) is 0 Å². The molecule has 0 amide bonds. The van der Waals surface area contributed by atoms with Crippen LogP contribution in [0.4, 0.5) is 11.4 Å². The van der Waals surface area contributed by atoms with Gasteiger partial charge in [-0.3, -0.25) is 0 Å². The van der Waals surface area contributed by atoms with Crippen LogP contribution in [0.2, 0.25) is 0 Å². The van der Waals surface area contributed by atoms with Gasteiger partial charge in [-0.15, -0.1) is 0 Å². The van der Waals surface area contributed by atoms with Gasteiger partial charge in [0.15, 0.2) is 5.57 Å². The van der Waals surface area contributed by atoms with Gasteiger partial charge < -0.3 is 10.2 Å². The molecule has 0 aromatic heterocycles. The molecule has 1 aromatic rings. The number of anilines is 2. The molecule has 0 unspecified atom stereocenters. The van der Waals surface area contributed by atoms with Crippen LogP contribution in [0.25, 0.3) is 0 Å². The van der Waals surface area contributed by atoms with Gasteiger partial charge in [0.05, 0.1) is 23.0 Å². The van der Waals surface area contributed by atoms with Gasteiger partial charge in [-0.1, -0.05) is 0 Å². The number of nitrogens with one attached hydrogen (secondary N) is 1. The Balaban J connectivity index is 2.46. The number of rotatable bonds is 3. The van der Waals surface area contributed by atoms with Gasteiger partial charge in [-0.25, -0.2) is 0 Å². The quantitative estimate of drug-likeness (QED) is 0.859. The van der Waals surface area contributed by atoms with Crippen molar-refractivity contribution in [1.82, 2.24) is 0 Å². The van der Waals surface area contributed by atoms with E-state index in [-0.39, 0.29) is 11.3 Å². The first-order valence-electron chi connectivity index (χ1n) is 7.24. The van der Waals surface area contributed by atoms with Gasteiger partial charge in [-0.2, -0.15) is 21.0 Å². The highest BCUT2D eigenvalue weighted by Gasteiger charge is 2.17. The molecule has 0 spiro atoms. The average molecular weight is 302 g/mol. The molecule has 0 aliphatic carbocycles. The summed E-state index contributed by atoms with van der Waals surface area (Å²) in [5, 5.41) is 39.0. The molecule has 1 heterocycles. The average Bonchev–Trinajstić information content (AvgIpc) is 2.62. The SMILES string of the molecule is N#CC(C#N)=C(C#N)Nc1cc(C#N)ccc1N1CCCCC1. The topological polar surface area (TPSA) is 110 Å². The maximum atomic E-state index is 9.20. The maximum absolute atomic E-state index is 9.20.